The lowest BCUT2D eigenvalue weighted by molar-refractivity contribution is -0.154. The topological polar surface area (TPSA) is 105 Å². The zero-order valence-electron chi connectivity index (χ0n) is 15.1. The summed E-state index contributed by atoms with van der Waals surface area (Å²) in [4.78, 5) is 17.6. The molecular weight excluding hydrogens is 342 g/mol. The summed E-state index contributed by atoms with van der Waals surface area (Å²) < 4.78 is 26.4. The van der Waals surface area contributed by atoms with Gasteiger partial charge in [0, 0.05) is 13.3 Å². The normalized spacial score (nSPS) is 22.6. The quantitative estimate of drug-likeness (QED) is 0.411. The van der Waals surface area contributed by atoms with Crippen LogP contribution in [0.4, 0.5) is 0 Å². The first-order valence-electron chi connectivity index (χ1n) is 8.55. The molecule has 0 aromatic rings. The van der Waals surface area contributed by atoms with Crippen LogP contribution in [0.2, 0.25) is 0 Å². The lowest BCUT2D eigenvalue weighted by atomic mass is 10.2. The van der Waals surface area contributed by atoms with E-state index < -0.39 is 5.97 Å². The second kappa shape index (κ2) is 10.9. The van der Waals surface area contributed by atoms with Crippen molar-refractivity contribution in [3.63, 3.8) is 0 Å². The standard InChI is InChI=1S/C17H27N3O6/c1-13-19-15(18)5-6-20(13)16-4-3-14(26-16)11-25-17(21)12-24-10-9-23-8-7-22-2/h5-6,14,16H,1,3-4,7-12H2,2H3,(H2,18,19). The van der Waals surface area contributed by atoms with Crippen LogP contribution < -0.4 is 5.73 Å². The van der Waals surface area contributed by atoms with Gasteiger partial charge >= 0.3 is 5.97 Å². The number of aliphatic imine (C=N–C) groups is 1. The molecule has 1 fully saturated rings. The van der Waals surface area contributed by atoms with E-state index in [1.165, 1.54) is 0 Å². The van der Waals surface area contributed by atoms with Crippen LogP contribution in [-0.2, 0) is 28.5 Å². The third-order valence-electron chi connectivity index (χ3n) is 3.81. The predicted molar refractivity (Wildman–Crippen MR) is 94.1 cm³/mol. The van der Waals surface area contributed by atoms with Gasteiger partial charge in [-0.25, -0.2) is 9.79 Å². The number of carbonyl (C=O) groups is 1. The van der Waals surface area contributed by atoms with Crippen molar-refractivity contribution >= 4 is 11.8 Å². The van der Waals surface area contributed by atoms with E-state index in [1.807, 2.05) is 4.90 Å². The Hall–Kier alpha value is -1.94. The number of nitrogens with two attached hydrogens (primary N) is 1. The highest BCUT2D eigenvalue weighted by Crippen LogP contribution is 2.27. The monoisotopic (exact) mass is 369 g/mol. The summed E-state index contributed by atoms with van der Waals surface area (Å²) in [5.41, 5.74) is 5.63. The van der Waals surface area contributed by atoms with Gasteiger partial charge in [0.05, 0.1) is 32.5 Å². The van der Waals surface area contributed by atoms with E-state index in [9.17, 15) is 4.79 Å². The molecular formula is C17H27N3O6. The number of amidine groups is 1. The van der Waals surface area contributed by atoms with E-state index in [0.29, 0.717) is 38.1 Å². The van der Waals surface area contributed by atoms with Gasteiger partial charge in [0.2, 0.25) is 0 Å². The van der Waals surface area contributed by atoms with Crippen molar-refractivity contribution in [3.05, 3.63) is 24.7 Å². The lowest BCUT2D eigenvalue weighted by Gasteiger charge is -2.28. The predicted octanol–water partition coefficient (Wildman–Crippen LogP) is 0.372. The Balaban J connectivity index is 1.56. The van der Waals surface area contributed by atoms with Crippen LogP contribution in [0, 0.1) is 0 Å². The van der Waals surface area contributed by atoms with E-state index in [-0.39, 0.29) is 25.5 Å². The van der Waals surface area contributed by atoms with Gasteiger partial charge in [-0.1, -0.05) is 6.58 Å². The second-order valence-electron chi connectivity index (χ2n) is 5.81. The summed E-state index contributed by atoms with van der Waals surface area (Å²) in [6.45, 7) is 5.72. The van der Waals surface area contributed by atoms with Crippen LogP contribution >= 0.6 is 0 Å². The van der Waals surface area contributed by atoms with E-state index in [2.05, 4.69) is 11.6 Å². The summed E-state index contributed by atoms with van der Waals surface area (Å²) in [5, 5.41) is 0. The van der Waals surface area contributed by atoms with Gasteiger partial charge in [0.1, 0.15) is 31.1 Å². The maximum Gasteiger partial charge on any atom is 0.332 e. The van der Waals surface area contributed by atoms with E-state index in [1.54, 1.807) is 19.4 Å². The Morgan fingerprint density at radius 1 is 1.35 bits per heavy atom. The lowest BCUT2D eigenvalue weighted by Crippen LogP contribution is -2.33. The summed E-state index contributed by atoms with van der Waals surface area (Å²) in [7, 11) is 1.61. The van der Waals surface area contributed by atoms with E-state index >= 15 is 0 Å². The van der Waals surface area contributed by atoms with Crippen molar-refractivity contribution in [3.8, 4) is 0 Å². The molecule has 9 nitrogen and oxygen atoms in total. The highest BCUT2D eigenvalue weighted by molar-refractivity contribution is 5.92. The number of carbonyl (C=O) groups excluding carboxylic acids is 1. The maximum absolute atomic E-state index is 11.7. The number of rotatable bonds is 11. The molecule has 2 heterocycles. The molecule has 0 aliphatic carbocycles. The number of hydrogen-bond acceptors (Lipinski definition) is 9. The van der Waals surface area contributed by atoms with Gasteiger partial charge in [-0.05, 0) is 18.9 Å². The maximum atomic E-state index is 11.7. The zero-order chi connectivity index (χ0) is 18.8. The highest BCUT2D eigenvalue weighted by atomic mass is 16.6. The third kappa shape index (κ3) is 6.75. The minimum atomic E-state index is -0.423. The molecule has 0 saturated carbocycles. The first-order chi connectivity index (χ1) is 12.6. The molecule has 9 heteroatoms. The number of nitrogens with zero attached hydrogens (tertiary/aromatic N) is 2. The van der Waals surface area contributed by atoms with Crippen LogP contribution in [0.1, 0.15) is 12.8 Å². The molecule has 0 radical (unpaired) electrons. The van der Waals surface area contributed by atoms with Gasteiger partial charge in [-0.2, -0.15) is 0 Å². The van der Waals surface area contributed by atoms with Gasteiger partial charge in [0.25, 0.3) is 0 Å². The fraction of sp³-hybridized carbons (Fsp3) is 0.647. The Kier molecular flexibility index (Phi) is 8.56. The van der Waals surface area contributed by atoms with Crippen LogP contribution in [0.5, 0.6) is 0 Å². The first-order valence-corrected chi connectivity index (χ1v) is 8.55. The molecule has 0 bridgehead atoms. The molecule has 0 aromatic heterocycles. The molecule has 2 aliphatic heterocycles. The van der Waals surface area contributed by atoms with Crippen molar-refractivity contribution in [1.82, 2.24) is 4.90 Å². The summed E-state index contributed by atoms with van der Waals surface area (Å²) in [5.74, 6) is 0.529. The second-order valence-corrected chi connectivity index (χ2v) is 5.81. The zero-order valence-corrected chi connectivity index (χ0v) is 15.1. The molecule has 2 aliphatic rings. The Labute approximate surface area is 153 Å². The molecule has 1 saturated heterocycles. The smallest absolute Gasteiger partial charge is 0.332 e. The van der Waals surface area contributed by atoms with Crippen molar-refractivity contribution in [2.45, 2.75) is 25.2 Å². The van der Waals surface area contributed by atoms with E-state index in [4.69, 9.17) is 29.4 Å². The molecule has 2 atom stereocenters. The number of esters is 1. The molecule has 2 rings (SSSR count). The fourth-order valence-corrected chi connectivity index (χ4v) is 2.51. The van der Waals surface area contributed by atoms with Gasteiger partial charge in [0.15, 0.2) is 0 Å². The first kappa shape index (κ1) is 20.4. The Morgan fingerprint density at radius 3 is 2.88 bits per heavy atom. The third-order valence-corrected chi connectivity index (χ3v) is 3.81. The Bertz CT molecular complexity index is 537. The minimum Gasteiger partial charge on any atom is -0.461 e. The van der Waals surface area contributed by atoms with Crippen molar-refractivity contribution < 1.29 is 28.5 Å². The van der Waals surface area contributed by atoms with Crippen LogP contribution in [0.3, 0.4) is 0 Å². The van der Waals surface area contributed by atoms with Gasteiger partial charge in [-0.3, -0.25) is 0 Å². The number of hydrogen-bond donors (Lipinski definition) is 1. The average Bonchev–Trinajstić information content (AvgIpc) is 3.08. The molecule has 146 valence electrons. The summed E-state index contributed by atoms with van der Waals surface area (Å²) >= 11 is 0. The summed E-state index contributed by atoms with van der Waals surface area (Å²) in [6.07, 6.45) is 4.72. The van der Waals surface area contributed by atoms with Crippen LogP contribution in [0.25, 0.3) is 0 Å². The average molecular weight is 369 g/mol. The van der Waals surface area contributed by atoms with Gasteiger partial charge in [-0.15, -0.1) is 0 Å². The fourth-order valence-electron chi connectivity index (χ4n) is 2.51. The SMILES string of the molecule is C=C1N=C(N)C=CN1C1CCC(COC(=O)COCCOCCOC)O1. The largest absolute Gasteiger partial charge is 0.461 e. The van der Waals surface area contributed by atoms with E-state index in [0.717, 1.165) is 12.8 Å². The molecule has 26 heavy (non-hydrogen) atoms. The number of ether oxygens (including phenoxy) is 5. The van der Waals surface area contributed by atoms with Crippen molar-refractivity contribution in [2.24, 2.45) is 10.7 Å². The van der Waals surface area contributed by atoms with Crippen LogP contribution in [-0.4, -0.2) is 75.8 Å². The van der Waals surface area contributed by atoms with Gasteiger partial charge < -0.3 is 34.3 Å². The molecule has 0 amide bonds. The highest BCUT2D eigenvalue weighted by Gasteiger charge is 2.31. The van der Waals surface area contributed by atoms with Crippen molar-refractivity contribution in [1.29, 1.82) is 0 Å². The molecule has 2 N–H and O–H groups in total. The van der Waals surface area contributed by atoms with Crippen LogP contribution in [0.15, 0.2) is 29.7 Å². The molecule has 2 unspecified atom stereocenters. The molecule has 0 spiro atoms. The number of methoxy groups -OCH3 is 1. The van der Waals surface area contributed by atoms with Crippen molar-refractivity contribution in [2.75, 3.05) is 46.8 Å². The minimum absolute atomic E-state index is 0.108. The Morgan fingerprint density at radius 2 is 2.12 bits per heavy atom. The molecule has 0 aromatic carbocycles. The summed E-state index contributed by atoms with van der Waals surface area (Å²) in [6, 6.07) is 0.